The Kier molecular flexibility index (Phi) is 6.29. The molecule has 0 saturated heterocycles. The fraction of sp³-hybridized carbons (Fsp3) is 0.474. The molecule has 2 aliphatic rings. The molecule has 1 fully saturated rings. The Balaban J connectivity index is 1.49. The van der Waals surface area contributed by atoms with E-state index in [2.05, 4.69) is 10.6 Å². The highest BCUT2D eigenvalue weighted by molar-refractivity contribution is 6.31. The number of halogens is 1. The average Bonchev–Trinajstić information content (AvgIpc) is 3.47. The number of benzene rings is 1. The van der Waals surface area contributed by atoms with Crippen LogP contribution in [0.1, 0.15) is 24.8 Å². The lowest BCUT2D eigenvalue weighted by molar-refractivity contribution is -0.128. The van der Waals surface area contributed by atoms with Crippen molar-refractivity contribution >= 4 is 23.4 Å². The molecule has 140 valence electrons. The molecule has 2 amide bonds. The number of amides is 2. The number of nitrogens with one attached hydrogen (secondary N) is 2. The van der Waals surface area contributed by atoms with Crippen LogP contribution in [0.15, 0.2) is 36.4 Å². The molecule has 3 N–H and O–H groups in total. The van der Waals surface area contributed by atoms with Crippen molar-refractivity contribution in [3.05, 3.63) is 47.0 Å². The van der Waals surface area contributed by atoms with Crippen LogP contribution in [0, 0.1) is 5.92 Å². The quantitative estimate of drug-likeness (QED) is 0.628. The van der Waals surface area contributed by atoms with Crippen LogP contribution in [0.5, 0.6) is 0 Å². The lowest BCUT2D eigenvalue weighted by atomic mass is 10.0. The van der Waals surface area contributed by atoms with Gasteiger partial charge in [0.15, 0.2) is 0 Å². The molecular weight excluding hydrogens is 356 g/mol. The molecular formula is C19H23ClN2O4. The molecule has 0 unspecified atom stereocenters. The second kappa shape index (κ2) is 8.66. The highest BCUT2D eigenvalue weighted by Crippen LogP contribution is 2.29. The van der Waals surface area contributed by atoms with Crippen LogP contribution in [0.2, 0.25) is 5.02 Å². The number of ether oxygens (including phenoxy) is 1. The van der Waals surface area contributed by atoms with Crippen molar-refractivity contribution in [3.63, 3.8) is 0 Å². The molecule has 3 rings (SSSR count). The molecule has 0 aromatic heterocycles. The van der Waals surface area contributed by atoms with E-state index in [0.29, 0.717) is 11.6 Å². The average molecular weight is 379 g/mol. The van der Waals surface area contributed by atoms with Crippen LogP contribution >= 0.6 is 11.6 Å². The van der Waals surface area contributed by atoms with E-state index in [1.807, 2.05) is 18.2 Å². The SMILES string of the molecule is O=C(C[C@H]1C=C[C@H](NC(=O)C2CC2)[C@@H](CO)O1)NCc1ccccc1Cl. The van der Waals surface area contributed by atoms with Crippen molar-refractivity contribution < 1.29 is 19.4 Å². The van der Waals surface area contributed by atoms with Gasteiger partial charge in [0.2, 0.25) is 11.8 Å². The van der Waals surface area contributed by atoms with Gasteiger partial charge < -0.3 is 20.5 Å². The fourth-order valence-corrected chi connectivity index (χ4v) is 3.06. The molecule has 0 spiro atoms. The van der Waals surface area contributed by atoms with Gasteiger partial charge in [-0.15, -0.1) is 0 Å². The first kappa shape index (κ1) is 18.9. The number of aliphatic hydroxyl groups excluding tert-OH is 1. The molecule has 1 aliphatic carbocycles. The van der Waals surface area contributed by atoms with Gasteiger partial charge in [0, 0.05) is 17.5 Å². The Morgan fingerprint density at radius 3 is 2.69 bits per heavy atom. The van der Waals surface area contributed by atoms with Gasteiger partial charge >= 0.3 is 0 Å². The molecule has 1 aliphatic heterocycles. The molecule has 7 heteroatoms. The molecule has 6 nitrogen and oxygen atoms in total. The minimum atomic E-state index is -0.552. The summed E-state index contributed by atoms with van der Waals surface area (Å²) in [6.07, 6.45) is 4.55. The predicted molar refractivity (Wildman–Crippen MR) is 97.5 cm³/mol. The van der Waals surface area contributed by atoms with Crippen molar-refractivity contribution in [2.75, 3.05) is 6.61 Å². The largest absolute Gasteiger partial charge is 0.394 e. The van der Waals surface area contributed by atoms with Gasteiger partial charge in [-0.2, -0.15) is 0 Å². The standard InChI is InChI=1S/C19H23ClN2O4/c20-15-4-2-1-3-13(15)10-21-18(24)9-14-7-8-16(17(11-23)26-14)22-19(25)12-5-6-12/h1-4,7-8,12,14,16-17,23H,5-6,9-11H2,(H,21,24)(H,22,25)/t14-,16+,17-/m1/s1. The monoisotopic (exact) mass is 378 g/mol. The number of aliphatic hydroxyl groups is 1. The van der Waals surface area contributed by atoms with Crippen LogP contribution in [-0.2, 0) is 20.9 Å². The molecule has 1 saturated carbocycles. The van der Waals surface area contributed by atoms with E-state index < -0.39 is 12.2 Å². The van der Waals surface area contributed by atoms with Crippen molar-refractivity contribution in [2.24, 2.45) is 5.92 Å². The van der Waals surface area contributed by atoms with Gasteiger partial charge in [-0.1, -0.05) is 42.0 Å². The summed E-state index contributed by atoms with van der Waals surface area (Å²) in [4.78, 5) is 24.0. The summed E-state index contributed by atoms with van der Waals surface area (Å²) >= 11 is 6.07. The molecule has 1 heterocycles. The van der Waals surface area contributed by atoms with Crippen LogP contribution in [-0.4, -0.2) is 41.8 Å². The molecule has 0 radical (unpaired) electrons. The minimum absolute atomic E-state index is 0.00219. The van der Waals surface area contributed by atoms with Crippen LogP contribution in [0.3, 0.4) is 0 Å². The maximum atomic E-state index is 12.1. The van der Waals surface area contributed by atoms with E-state index in [-0.39, 0.29) is 36.8 Å². The zero-order valence-corrected chi connectivity index (χ0v) is 15.1. The van der Waals surface area contributed by atoms with Gasteiger partial charge in [-0.05, 0) is 24.5 Å². The topological polar surface area (TPSA) is 87.7 Å². The lowest BCUT2D eigenvalue weighted by Crippen LogP contribution is -2.49. The Bertz CT molecular complexity index is 690. The third-order valence-corrected chi connectivity index (χ3v) is 4.91. The van der Waals surface area contributed by atoms with E-state index in [1.54, 1.807) is 18.2 Å². The summed E-state index contributed by atoms with van der Waals surface area (Å²) in [5.41, 5.74) is 0.846. The van der Waals surface area contributed by atoms with Crippen molar-refractivity contribution in [2.45, 2.75) is 44.1 Å². The zero-order chi connectivity index (χ0) is 18.5. The number of carbonyl (C=O) groups excluding carboxylic acids is 2. The maximum Gasteiger partial charge on any atom is 0.223 e. The van der Waals surface area contributed by atoms with Gasteiger partial charge in [0.25, 0.3) is 0 Å². The number of hydrogen-bond acceptors (Lipinski definition) is 4. The van der Waals surface area contributed by atoms with Crippen LogP contribution in [0.4, 0.5) is 0 Å². The van der Waals surface area contributed by atoms with E-state index >= 15 is 0 Å². The fourth-order valence-electron chi connectivity index (χ4n) is 2.85. The van der Waals surface area contributed by atoms with Crippen LogP contribution < -0.4 is 10.6 Å². The van der Waals surface area contributed by atoms with Gasteiger partial charge in [-0.3, -0.25) is 9.59 Å². The van der Waals surface area contributed by atoms with E-state index in [0.717, 1.165) is 18.4 Å². The first-order valence-electron chi connectivity index (χ1n) is 8.82. The lowest BCUT2D eigenvalue weighted by Gasteiger charge is -2.31. The molecule has 26 heavy (non-hydrogen) atoms. The smallest absolute Gasteiger partial charge is 0.223 e. The predicted octanol–water partition coefficient (Wildman–Crippen LogP) is 1.56. The first-order chi connectivity index (χ1) is 12.6. The number of hydrogen-bond donors (Lipinski definition) is 3. The van der Waals surface area contributed by atoms with Crippen LogP contribution in [0.25, 0.3) is 0 Å². The highest BCUT2D eigenvalue weighted by Gasteiger charge is 2.34. The molecule has 3 atom stereocenters. The van der Waals surface area contributed by atoms with Crippen molar-refractivity contribution in [3.8, 4) is 0 Å². The summed E-state index contributed by atoms with van der Waals surface area (Å²) in [7, 11) is 0. The Labute approximate surface area is 157 Å². The van der Waals surface area contributed by atoms with Gasteiger partial charge in [-0.25, -0.2) is 0 Å². The zero-order valence-electron chi connectivity index (χ0n) is 14.4. The Hall–Kier alpha value is -1.89. The Morgan fingerprint density at radius 2 is 2.00 bits per heavy atom. The first-order valence-corrected chi connectivity index (χ1v) is 9.19. The summed E-state index contributed by atoms with van der Waals surface area (Å²) in [5.74, 6) is -0.0783. The highest BCUT2D eigenvalue weighted by atomic mass is 35.5. The minimum Gasteiger partial charge on any atom is -0.394 e. The molecule has 1 aromatic rings. The summed E-state index contributed by atoms with van der Waals surface area (Å²) < 4.78 is 5.76. The summed E-state index contributed by atoms with van der Waals surface area (Å²) in [5, 5.41) is 15.8. The van der Waals surface area contributed by atoms with Gasteiger partial charge in [0.1, 0.15) is 6.10 Å². The third-order valence-electron chi connectivity index (χ3n) is 4.54. The maximum absolute atomic E-state index is 12.1. The van der Waals surface area contributed by atoms with Gasteiger partial charge in [0.05, 0.1) is 25.2 Å². The summed E-state index contributed by atoms with van der Waals surface area (Å²) in [6, 6.07) is 6.96. The normalized spacial score (nSPS) is 24.9. The second-order valence-corrected chi connectivity index (χ2v) is 7.07. The summed E-state index contributed by atoms with van der Waals surface area (Å²) in [6.45, 7) is 0.121. The third kappa shape index (κ3) is 5.06. The Morgan fingerprint density at radius 1 is 1.23 bits per heavy atom. The van der Waals surface area contributed by atoms with E-state index in [4.69, 9.17) is 16.3 Å². The van der Waals surface area contributed by atoms with E-state index in [9.17, 15) is 14.7 Å². The van der Waals surface area contributed by atoms with E-state index in [1.165, 1.54) is 0 Å². The number of rotatable bonds is 7. The van der Waals surface area contributed by atoms with Crippen molar-refractivity contribution in [1.82, 2.24) is 10.6 Å². The molecule has 1 aromatic carbocycles. The number of carbonyl (C=O) groups is 2. The molecule has 0 bridgehead atoms. The van der Waals surface area contributed by atoms with Crippen molar-refractivity contribution in [1.29, 1.82) is 0 Å². The second-order valence-electron chi connectivity index (χ2n) is 6.66.